The summed E-state index contributed by atoms with van der Waals surface area (Å²) in [6.07, 6.45) is 4.10. The van der Waals surface area contributed by atoms with Crippen LogP contribution < -0.4 is 0 Å². The Hall–Kier alpha value is -0.140. The van der Waals surface area contributed by atoms with Gasteiger partial charge in [-0.1, -0.05) is 6.92 Å². The monoisotopic (exact) mass is 147 g/mol. The molecule has 0 spiro atoms. The van der Waals surface area contributed by atoms with Crippen LogP contribution in [0.5, 0.6) is 0 Å². The predicted molar refractivity (Wildman–Crippen MR) is 36.9 cm³/mol. The quantitative estimate of drug-likeness (QED) is 0.462. The Morgan fingerprint density at radius 2 is 2.10 bits per heavy atom. The van der Waals surface area contributed by atoms with Crippen molar-refractivity contribution in [1.82, 2.24) is 0 Å². The van der Waals surface area contributed by atoms with Gasteiger partial charge in [0.15, 0.2) is 0 Å². The summed E-state index contributed by atoms with van der Waals surface area (Å²) in [5, 5.41) is 0. The van der Waals surface area contributed by atoms with E-state index in [1.165, 1.54) is 0 Å². The van der Waals surface area contributed by atoms with Crippen LogP contribution in [0.15, 0.2) is 0 Å². The van der Waals surface area contributed by atoms with Crippen LogP contribution >= 0.6 is 0 Å². The molecule has 0 bridgehead atoms. The topological polar surface area (TPSA) is 0 Å². The highest BCUT2D eigenvalue weighted by molar-refractivity contribution is 4.83. The van der Waals surface area contributed by atoms with Crippen LogP contribution in [-0.4, -0.2) is 5.92 Å². The minimum absolute atomic E-state index is 0.0498. The minimum atomic E-state index is -2.41. The summed E-state index contributed by atoms with van der Waals surface area (Å²) >= 11 is 0. The maximum atomic E-state index is 12.8. The van der Waals surface area contributed by atoms with E-state index in [1.54, 1.807) is 6.92 Å². The second-order valence-corrected chi connectivity index (χ2v) is 3.07. The van der Waals surface area contributed by atoms with E-state index in [0.29, 0.717) is 12.8 Å². The first-order valence-corrected chi connectivity index (χ1v) is 3.82. The average Bonchev–Trinajstić information content (AvgIpc) is 1.96. The van der Waals surface area contributed by atoms with E-state index < -0.39 is 11.8 Å². The molecule has 0 saturated heterocycles. The van der Waals surface area contributed by atoms with Crippen LogP contribution in [-0.2, 0) is 0 Å². The van der Waals surface area contributed by atoms with Crippen molar-refractivity contribution in [3.63, 3.8) is 0 Å². The Morgan fingerprint density at radius 1 is 1.40 bits per heavy atom. The maximum absolute atomic E-state index is 12.8. The zero-order chi connectivity index (χ0) is 7.61. The van der Waals surface area contributed by atoms with Crippen LogP contribution in [0.3, 0.4) is 0 Å². The highest BCUT2D eigenvalue weighted by Crippen LogP contribution is 2.36. The van der Waals surface area contributed by atoms with Crippen molar-refractivity contribution in [2.24, 2.45) is 5.92 Å². The molecule has 0 aromatic heterocycles. The van der Waals surface area contributed by atoms with E-state index in [2.05, 4.69) is 0 Å². The molecule has 59 valence electrons. The van der Waals surface area contributed by atoms with Crippen molar-refractivity contribution in [3.8, 4) is 0 Å². The minimum Gasteiger partial charge on any atom is -0.207 e. The Labute approximate surface area is 60.6 Å². The molecular weight excluding hydrogens is 134 g/mol. The molecule has 0 aliphatic heterocycles. The van der Waals surface area contributed by atoms with Crippen LogP contribution in [0.25, 0.3) is 0 Å². The molecule has 2 heteroatoms. The predicted octanol–water partition coefficient (Wildman–Crippen LogP) is 3.04. The first-order valence-electron chi connectivity index (χ1n) is 3.82. The zero-order valence-corrected chi connectivity index (χ0v) is 6.24. The molecule has 0 aromatic rings. The van der Waals surface area contributed by atoms with Gasteiger partial charge in [0.2, 0.25) is 0 Å². The number of hydrogen-bond donors (Lipinski definition) is 0. The highest BCUT2D eigenvalue weighted by Gasteiger charge is 2.36. The fourth-order valence-electron chi connectivity index (χ4n) is 1.26. The summed E-state index contributed by atoms with van der Waals surface area (Å²) in [5.74, 6) is -2.83. The van der Waals surface area contributed by atoms with Gasteiger partial charge in [-0.05, 0) is 25.7 Å². The average molecular weight is 147 g/mol. The number of alkyl halides is 2. The van der Waals surface area contributed by atoms with E-state index in [9.17, 15) is 8.78 Å². The smallest absolute Gasteiger partial charge is 0.207 e. The Kier molecular flexibility index (Phi) is 2.27. The summed E-state index contributed by atoms with van der Waals surface area (Å²) in [5.41, 5.74) is 0. The summed E-state index contributed by atoms with van der Waals surface area (Å²) in [6.45, 7) is 1.64. The van der Waals surface area contributed by atoms with E-state index >= 15 is 0 Å². The van der Waals surface area contributed by atoms with Crippen molar-refractivity contribution in [1.29, 1.82) is 0 Å². The van der Waals surface area contributed by atoms with Crippen molar-refractivity contribution >= 4 is 0 Å². The maximum Gasteiger partial charge on any atom is 0.250 e. The van der Waals surface area contributed by atoms with E-state index in [-0.39, 0.29) is 6.42 Å². The molecule has 0 aromatic carbocycles. The zero-order valence-electron chi connectivity index (χ0n) is 6.24. The molecular formula is C8H13F2. The lowest BCUT2D eigenvalue weighted by Crippen LogP contribution is -2.23. The second-order valence-electron chi connectivity index (χ2n) is 3.07. The van der Waals surface area contributed by atoms with E-state index in [1.807, 2.05) is 6.42 Å². The third-order valence-corrected chi connectivity index (χ3v) is 2.21. The van der Waals surface area contributed by atoms with E-state index in [4.69, 9.17) is 0 Å². The van der Waals surface area contributed by atoms with Gasteiger partial charge in [-0.25, -0.2) is 8.78 Å². The van der Waals surface area contributed by atoms with Gasteiger partial charge < -0.3 is 0 Å². The lowest BCUT2D eigenvalue weighted by Gasteiger charge is -2.19. The Bertz CT molecular complexity index is 110. The molecule has 0 heterocycles. The number of halogens is 2. The van der Waals surface area contributed by atoms with Crippen LogP contribution in [0, 0.1) is 12.3 Å². The molecule has 1 unspecified atom stereocenters. The van der Waals surface area contributed by atoms with E-state index in [0.717, 1.165) is 6.42 Å². The second kappa shape index (κ2) is 2.85. The van der Waals surface area contributed by atoms with Gasteiger partial charge in [0.1, 0.15) is 0 Å². The Morgan fingerprint density at radius 3 is 2.80 bits per heavy atom. The first kappa shape index (κ1) is 7.96. The SMILES string of the molecule is CC1CC[CH]CCC1(F)F. The molecule has 0 amide bonds. The van der Waals surface area contributed by atoms with Gasteiger partial charge in [-0.2, -0.15) is 0 Å². The molecule has 0 nitrogen and oxygen atoms in total. The molecule has 10 heavy (non-hydrogen) atoms. The van der Waals surface area contributed by atoms with Gasteiger partial charge in [0.25, 0.3) is 5.92 Å². The van der Waals surface area contributed by atoms with Gasteiger partial charge >= 0.3 is 0 Å². The highest BCUT2D eigenvalue weighted by atomic mass is 19.3. The van der Waals surface area contributed by atoms with Crippen molar-refractivity contribution in [3.05, 3.63) is 6.42 Å². The largest absolute Gasteiger partial charge is 0.250 e. The fourth-order valence-corrected chi connectivity index (χ4v) is 1.26. The van der Waals surface area contributed by atoms with Gasteiger partial charge in [-0.15, -0.1) is 0 Å². The molecule has 1 fully saturated rings. The van der Waals surface area contributed by atoms with Crippen molar-refractivity contribution < 1.29 is 8.78 Å². The molecule has 1 aliphatic carbocycles. The first-order chi connectivity index (χ1) is 4.63. The fraction of sp³-hybridized carbons (Fsp3) is 0.875. The normalized spacial score (nSPS) is 33.3. The van der Waals surface area contributed by atoms with Gasteiger partial charge in [-0.3, -0.25) is 0 Å². The summed E-state index contributed by atoms with van der Waals surface area (Å²) in [7, 11) is 0. The molecule has 1 rings (SSSR count). The van der Waals surface area contributed by atoms with Gasteiger partial charge in [0, 0.05) is 12.3 Å². The molecule has 1 saturated carbocycles. The molecule has 1 radical (unpaired) electrons. The third kappa shape index (κ3) is 1.68. The number of hydrogen-bond acceptors (Lipinski definition) is 0. The van der Waals surface area contributed by atoms with Crippen LogP contribution in [0.4, 0.5) is 8.78 Å². The summed E-state index contributed by atoms with van der Waals surface area (Å²) in [4.78, 5) is 0. The molecule has 0 N–H and O–H groups in total. The lowest BCUT2D eigenvalue weighted by molar-refractivity contribution is -0.0562. The van der Waals surface area contributed by atoms with Gasteiger partial charge in [0.05, 0.1) is 0 Å². The molecule has 1 aliphatic rings. The summed E-state index contributed by atoms with van der Waals surface area (Å²) in [6, 6.07) is 0. The summed E-state index contributed by atoms with van der Waals surface area (Å²) < 4.78 is 25.7. The Balaban J connectivity index is 2.52. The number of rotatable bonds is 0. The van der Waals surface area contributed by atoms with Crippen molar-refractivity contribution in [2.45, 2.75) is 38.5 Å². The van der Waals surface area contributed by atoms with Crippen molar-refractivity contribution in [2.75, 3.05) is 0 Å². The lowest BCUT2D eigenvalue weighted by atomic mass is 9.99. The van der Waals surface area contributed by atoms with Crippen LogP contribution in [0.1, 0.15) is 32.6 Å². The standard InChI is InChI=1S/C8H13F2/c1-7-5-3-2-4-6-8(7,9)10/h2,7H,3-6H2,1H3. The molecule has 1 atom stereocenters. The van der Waals surface area contributed by atoms with Crippen LogP contribution in [0.2, 0.25) is 0 Å². The third-order valence-electron chi connectivity index (χ3n) is 2.21.